The molecule has 13 heavy (non-hydrogen) atoms. The summed E-state index contributed by atoms with van der Waals surface area (Å²) >= 11 is 0. The predicted molar refractivity (Wildman–Crippen MR) is 66.0 cm³/mol. The molecule has 0 saturated heterocycles. The van der Waals surface area contributed by atoms with E-state index in [-0.39, 0.29) is 0 Å². The van der Waals surface area contributed by atoms with Crippen molar-refractivity contribution in [2.75, 3.05) is 0 Å². The van der Waals surface area contributed by atoms with Crippen LogP contribution in [-0.4, -0.2) is 0 Å². The zero-order chi connectivity index (χ0) is 11.1. The molecular formula is C13H24. The Morgan fingerprint density at radius 2 is 1.62 bits per heavy atom. The Kier molecular flexibility index (Phi) is 30.9. The van der Waals surface area contributed by atoms with Crippen LogP contribution in [0.3, 0.4) is 0 Å². The first-order valence-electron chi connectivity index (χ1n) is 4.78. The summed E-state index contributed by atoms with van der Waals surface area (Å²) in [4.78, 5) is 0. The van der Waals surface area contributed by atoms with Gasteiger partial charge in [-0.1, -0.05) is 57.2 Å². The molecule has 0 aliphatic carbocycles. The third-order valence-corrected chi connectivity index (χ3v) is 1.09. The van der Waals surface area contributed by atoms with E-state index in [0.29, 0.717) is 0 Å². The normalized spacial score (nSPS) is 8.62. The average Bonchev–Trinajstić information content (AvgIpc) is 2.24. The lowest BCUT2D eigenvalue weighted by Gasteiger charge is -1.86. The molecule has 0 aromatic heterocycles. The lowest BCUT2D eigenvalue weighted by atomic mass is 10.2. The summed E-state index contributed by atoms with van der Waals surface area (Å²) in [6, 6.07) is 0. The molecule has 0 heterocycles. The van der Waals surface area contributed by atoms with Crippen LogP contribution < -0.4 is 0 Å². The Balaban J connectivity index is -0.000000218. The Hall–Kier alpha value is -1.04. The molecule has 0 amide bonds. The summed E-state index contributed by atoms with van der Waals surface area (Å²) in [5.41, 5.74) is 1.17. The van der Waals surface area contributed by atoms with Crippen molar-refractivity contribution in [2.24, 2.45) is 0 Å². The Morgan fingerprint density at radius 1 is 1.15 bits per heavy atom. The molecule has 76 valence electrons. The molecule has 0 nitrogen and oxygen atoms in total. The zero-order valence-corrected chi connectivity index (χ0v) is 9.64. The van der Waals surface area contributed by atoms with Gasteiger partial charge in [0.1, 0.15) is 0 Å². The lowest BCUT2D eigenvalue weighted by molar-refractivity contribution is 1.16. The van der Waals surface area contributed by atoms with Crippen LogP contribution in [0.5, 0.6) is 0 Å². The smallest absolute Gasteiger partial charge is 0.0313 e. The third kappa shape index (κ3) is 24.8. The van der Waals surface area contributed by atoms with Crippen LogP contribution >= 0.6 is 0 Å². The maximum atomic E-state index is 3.82. The van der Waals surface area contributed by atoms with Crippen LogP contribution in [0.15, 0.2) is 49.6 Å². The fraction of sp³-hybridized carbons (Fsp3) is 0.385. The number of hydrogen-bond donors (Lipinski definition) is 0. The van der Waals surface area contributed by atoms with Crippen molar-refractivity contribution in [2.45, 2.75) is 34.1 Å². The van der Waals surface area contributed by atoms with Gasteiger partial charge < -0.3 is 0 Å². The molecule has 0 aromatic carbocycles. The van der Waals surface area contributed by atoms with Crippen LogP contribution in [0.4, 0.5) is 0 Å². The molecule has 0 saturated carbocycles. The van der Waals surface area contributed by atoms with E-state index in [4.69, 9.17) is 0 Å². The van der Waals surface area contributed by atoms with Crippen LogP contribution in [0, 0.1) is 0 Å². The minimum atomic E-state index is 1.04. The van der Waals surface area contributed by atoms with Gasteiger partial charge in [0.15, 0.2) is 0 Å². The van der Waals surface area contributed by atoms with Crippen LogP contribution in [-0.2, 0) is 0 Å². The molecule has 0 heteroatoms. The average molecular weight is 180 g/mol. The number of allylic oxidation sites excluding steroid dienone is 5. The molecule has 0 atom stereocenters. The highest BCUT2D eigenvalue weighted by Gasteiger charge is 1.76. The zero-order valence-electron chi connectivity index (χ0n) is 9.64. The van der Waals surface area contributed by atoms with Gasteiger partial charge >= 0.3 is 0 Å². The summed E-state index contributed by atoms with van der Waals surface area (Å²) < 4.78 is 0. The van der Waals surface area contributed by atoms with Crippen LogP contribution in [0.25, 0.3) is 0 Å². The second-order valence-corrected chi connectivity index (χ2v) is 1.90. The SMILES string of the molecule is C=C.C=C(/C=C/C=C\C)CC.CC. The highest BCUT2D eigenvalue weighted by atomic mass is 13.8. The van der Waals surface area contributed by atoms with E-state index in [0.717, 1.165) is 6.42 Å². The molecule has 0 rings (SSSR count). The standard InChI is InChI=1S/C9H14.C2H6.C2H4/c1-4-6-7-8-9(3)5-2;2*1-2/h4,6-8H,3,5H2,1-2H3;1-2H3;1-2H2/b6-4-,8-7+;;. The summed E-state index contributed by atoms with van der Waals surface area (Å²) in [5.74, 6) is 0. The molecule has 0 aromatic rings. The van der Waals surface area contributed by atoms with Gasteiger partial charge in [-0.05, 0) is 13.3 Å². The Labute approximate surface area is 84.4 Å². The van der Waals surface area contributed by atoms with Gasteiger partial charge in [0, 0.05) is 0 Å². The van der Waals surface area contributed by atoms with Crippen molar-refractivity contribution in [1.82, 2.24) is 0 Å². The van der Waals surface area contributed by atoms with Gasteiger partial charge in [-0.3, -0.25) is 0 Å². The van der Waals surface area contributed by atoms with Crippen molar-refractivity contribution in [3.63, 3.8) is 0 Å². The summed E-state index contributed by atoms with van der Waals surface area (Å²) in [6.07, 6.45) is 9.07. The minimum absolute atomic E-state index is 1.04. The monoisotopic (exact) mass is 180 g/mol. The fourth-order valence-electron chi connectivity index (χ4n) is 0.421. The number of hydrogen-bond acceptors (Lipinski definition) is 0. The molecule has 0 aliphatic heterocycles. The Morgan fingerprint density at radius 3 is 1.92 bits per heavy atom. The van der Waals surface area contributed by atoms with E-state index in [9.17, 15) is 0 Å². The van der Waals surface area contributed by atoms with Gasteiger partial charge in [-0.2, -0.15) is 0 Å². The van der Waals surface area contributed by atoms with Crippen LogP contribution in [0.2, 0.25) is 0 Å². The summed E-state index contributed by atoms with van der Waals surface area (Å²) in [6.45, 7) is 17.9. The van der Waals surface area contributed by atoms with Crippen LogP contribution in [0.1, 0.15) is 34.1 Å². The van der Waals surface area contributed by atoms with Crippen molar-refractivity contribution in [3.05, 3.63) is 49.6 Å². The van der Waals surface area contributed by atoms with E-state index in [2.05, 4.69) is 26.7 Å². The van der Waals surface area contributed by atoms with Crippen molar-refractivity contribution < 1.29 is 0 Å². The first-order valence-corrected chi connectivity index (χ1v) is 4.78. The molecule has 0 aliphatic rings. The van der Waals surface area contributed by atoms with Gasteiger partial charge in [-0.15, -0.1) is 13.2 Å². The fourth-order valence-corrected chi connectivity index (χ4v) is 0.421. The van der Waals surface area contributed by atoms with E-state index >= 15 is 0 Å². The van der Waals surface area contributed by atoms with E-state index < -0.39 is 0 Å². The molecule has 0 fully saturated rings. The maximum absolute atomic E-state index is 3.82. The second-order valence-electron chi connectivity index (χ2n) is 1.90. The maximum Gasteiger partial charge on any atom is -0.0313 e. The van der Waals surface area contributed by atoms with Crippen molar-refractivity contribution >= 4 is 0 Å². The lowest BCUT2D eigenvalue weighted by Crippen LogP contribution is -1.66. The minimum Gasteiger partial charge on any atom is -0.106 e. The van der Waals surface area contributed by atoms with E-state index in [1.54, 1.807) is 0 Å². The van der Waals surface area contributed by atoms with E-state index in [1.807, 2.05) is 45.1 Å². The van der Waals surface area contributed by atoms with Gasteiger partial charge in [0.25, 0.3) is 0 Å². The van der Waals surface area contributed by atoms with E-state index in [1.165, 1.54) is 5.57 Å². The van der Waals surface area contributed by atoms with Crippen molar-refractivity contribution in [1.29, 1.82) is 0 Å². The number of rotatable bonds is 3. The summed E-state index contributed by atoms with van der Waals surface area (Å²) in [5, 5.41) is 0. The molecule has 0 spiro atoms. The summed E-state index contributed by atoms with van der Waals surface area (Å²) in [7, 11) is 0. The predicted octanol–water partition coefficient (Wildman–Crippen LogP) is 4.91. The molecule has 0 unspecified atom stereocenters. The first-order chi connectivity index (χ1) is 6.31. The molecule has 0 N–H and O–H groups in total. The molecule has 0 bridgehead atoms. The first kappa shape index (κ1) is 17.9. The highest BCUT2D eigenvalue weighted by molar-refractivity contribution is 5.18. The molecular weight excluding hydrogens is 156 g/mol. The largest absolute Gasteiger partial charge is 0.106 e. The second kappa shape index (κ2) is 22.4. The highest BCUT2D eigenvalue weighted by Crippen LogP contribution is 1.97. The van der Waals surface area contributed by atoms with Gasteiger partial charge in [0.2, 0.25) is 0 Å². The van der Waals surface area contributed by atoms with Crippen molar-refractivity contribution in [3.8, 4) is 0 Å². The Bertz CT molecular complexity index is 138. The quantitative estimate of drug-likeness (QED) is 0.427. The van der Waals surface area contributed by atoms with Gasteiger partial charge in [0.05, 0.1) is 0 Å². The topological polar surface area (TPSA) is 0 Å². The molecule has 0 radical (unpaired) electrons. The third-order valence-electron chi connectivity index (χ3n) is 1.09. The van der Waals surface area contributed by atoms with Gasteiger partial charge in [-0.25, -0.2) is 0 Å².